The number of hydrogen-bond acceptors (Lipinski definition) is 4. The number of phenols is 1. The highest BCUT2D eigenvalue weighted by Gasteiger charge is 2.23. The standard InChI is InChI=1S/C13H11FN2OS.ClH/c14-8-3-4-12(17)9(6-8)10-7-11(16-15-10)13-2-1-5-18-13;/h1-6,11,16-17H,7H2;1H. The molecule has 1 atom stereocenters. The normalized spacial score (nSPS) is 17.5. The third kappa shape index (κ3) is 2.72. The lowest BCUT2D eigenvalue weighted by Crippen LogP contribution is -2.07. The first-order chi connectivity index (χ1) is 8.74. The molecule has 0 amide bonds. The van der Waals surface area contributed by atoms with Gasteiger partial charge in [-0.1, -0.05) is 6.07 Å². The molecule has 2 heterocycles. The first kappa shape index (κ1) is 13.8. The van der Waals surface area contributed by atoms with Crippen molar-refractivity contribution in [2.45, 2.75) is 12.5 Å². The predicted molar refractivity (Wildman–Crippen MR) is 76.7 cm³/mol. The summed E-state index contributed by atoms with van der Waals surface area (Å²) >= 11 is 1.65. The Bertz CT molecular complexity index is 601. The predicted octanol–water partition coefficient (Wildman–Crippen LogP) is 3.45. The molecule has 0 saturated heterocycles. The van der Waals surface area contributed by atoms with Crippen molar-refractivity contribution in [3.63, 3.8) is 0 Å². The lowest BCUT2D eigenvalue weighted by molar-refractivity contribution is 0.471. The molecule has 3 nitrogen and oxygen atoms in total. The van der Waals surface area contributed by atoms with E-state index in [9.17, 15) is 9.50 Å². The average molecular weight is 299 g/mol. The van der Waals surface area contributed by atoms with E-state index in [1.165, 1.54) is 23.1 Å². The minimum absolute atomic E-state index is 0. The number of phenolic OH excluding ortho intramolecular Hbond substituents is 1. The van der Waals surface area contributed by atoms with Gasteiger partial charge in [-0.3, -0.25) is 0 Å². The SMILES string of the molecule is Cl.Oc1ccc(F)cc1C1=NNC(c2cccs2)C1. The summed E-state index contributed by atoms with van der Waals surface area (Å²) < 4.78 is 13.2. The van der Waals surface area contributed by atoms with Crippen LogP contribution in [0, 0.1) is 5.82 Å². The lowest BCUT2D eigenvalue weighted by Gasteiger charge is -2.07. The Labute approximate surface area is 120 Å². The summed E-state index contributed by atoms with van der Waals surface area (Å²) in [7, 11) is 0. The molecule has 0 radical (unpaired) electrons. The Hall–Kier alpha value is -1.59. The van der Waals surface area contributed by atoms with E-state index in [0.717, 1.165) is 0 Å². The summed E-state index contributed by atoms with van der Waals surface area (Å²) in [5.41, 5.74) is 4.16. The molecule has 6 heteroatoms. The number of hydrazone groups is 1. The Kier molecular flexibility index (Phi) is 4.07. The van der Waals surface area contributed by atoms with Crippen LogP contribution in [-0.2, 0) is 0 Å². The van der Waals surface area contributed by atoms with Gasteiger partial charge >= 0.3 is 0 Å². The Morgan fingerprint density at radius 1 is 1.37 bits per heavy atom. The fourth-order valence-corrected chi connectivity index (χ4v) is 2.78. The van der Waals surface area contributed by atoms with E-state index < -0.39 is 0 Å². The molecule has 100 valence electrons. The third-order valence-electron chi connectivity index (χ3n) is 2.91. The van der Waals surface area contributed by atoms with Crippen LogP contribution in [-0.4, -0.2) is 10.8 Å². The van der Waals surface area contributed by atoms with Gasteiger partial charge < -0.3 is 10.5 Å². The molecule has 1 aliphatic rings. The molecule has 1 aromatic heterocycles. The van der Waals surface area contributed by atoms with Crippen LogP contribution in [0.4, 0.5) is 4.39 Å². The van der Waals surface area contributed by atoms with Gasteiger partial charge in [0.05, 0.1) is 11.8 Å². The highest BCUT2D eigenvalue weighted by Crippen LogP contribution is 2.30. The first-order valence-electron chi connectivity index (χ1n) is 5.58. The van der Waals surface area contributed by atoms with E-state index in [1.54, 1.807) is 11.3 Å². The zero-order valence-electron chi connectivity index (χ0n) is 9.84. The van der Waals surface area contributed by atoms with E-state index in [2.05, 4.69) is 10.5 Å². The van der Waals surface area contributed by atoms with Gasteiger partial charge in [-0.15, -0.1) is 23.7 Å². The molecule has 2 aromatic rings. The van der Waals surface area contributed by atoms with Crippen LogP contribution in [0.25, 0.3) is 0 Å². The van der Waals surface area contributed by atoms with Gasteiger partial charge in [0.15, 0.2) is 0 Å². The maximum atomic E-state index is 13.2. The second-order valence-electron chi connectivity index (χ2n) is 4.12. The van der Waals surface area contributed by atoms with Gasteiger partial charge in [-0.05, 0) is 29.6 Å². The largest absolute Gasteiger partial charge is 0.507 e. The van der Waals surface area contributed by atoms with Crippen molar-refractivity contribution in [3.8, 4) is 5.75 Å². The van der Waals surface area contributed by atoms with E-state index in [0.29, 0.717) is 17.7 Å². The van der Waals surface area contributed by atoms with Gasteiger partial charge in [-0.25, -0.2) is 4.39 Å². The van der Waals surface area contributed by atoms with Gasteiger partial charge in [0.2, 0.25) is 0 Å². The lowest BCUT2D eigenvalue weighted by atomic mass is 10.0. The molecule has 0 fully saturated rings. The van der Waals surface area contributed by atoms with Crippen LogP contribution in [0.15, 0.2) is 40.8 Å². The summed E-state index contributed by atoms with van der Waals surface area (Å²) in [5.74, 6) is -0.311. The zero-order chi connectivity index (χ0) is 12.5. The number of aromatic hydroxyl groups is 1. The highest BCUT2D eigenvalue weighted by molar-refractivity contribution is 7.10. The number of rotatable bonds is 2. The van der Waals surface area contributed by atoms with Crippen molar-refractivity contribution in [1.82, 2.24) is 5.43 Å². The molecule has 2 N–H and O–H groups in total. The maximum Gasteiger partial charge on any atom is 0.124 e. The summed E-state index contributed by atoms with van der Waals surface area (Å²) in [6, 6.07) is 8.03. The van der Waals surface area contributed by atoms with Crippen molar-refractivity contribution in [2.24, 2.45) is 5.10 Å². The third-order valence-corrected chi connectivity index (χ3v) is 3.89. The average Bonchev–Trinajstić information content (AvgIpc) is 3.00. The van der Waals surface area contributed by atoms with E-state index in [1.807, 2.05) is 17.5 Å². The second kappa shape index (κ2) is 5.59. The van der Waals surface area contributed by atoms with Crippen LogP contribution in [0.2, 0.25) is 0 Å². The fraction of sp³-hybridized carbons (Fsp3) is 0.154. The number of halogens is 2. The Morgan fingerprint density at radius 2 is 2.21 bits per heavy atom. The summed E-state index contributed by atoms with van der Waals surface area (Å²) in [5, 5.41) is 15.9. The van der Waals surface area contributed by atoms with Gasteiger partial charge in [-0.2, -0.15) is 5.10 Å². The topological polar surface area (TPSA) is 44.6 Å². The Balaban J connectivity index is 0.00000133. The smallest absolute Gasteiger partial charge is 0.124 e. The molecule has 1 aromatic carbocycles. The van der Waals surface area contributed by atoms with Crippen molar-refractivity contribution < 1.29 is 9.50 Å². The van der Waals surface area contributed by atoms with Crippen molar-refractivity contribution in [3.05, 3.63) is 52.0 Å². The molecule has 1 aliphatic heterocycles. The van der Waals surface area contributed by atoms with Crippen LogP contribution >= 0.6 is 23.7 Å². The number of hydrogen-bond donors (Lipinski definition) is 2. The molecule has 0 bridgehead atoms. The summed E-state index contributed by atoms with van der Waals surface area (Å²) in [6.45, 7) is 0. The Morgan fingerprint density at radius 3 is 2.95 bits per heavy atom. The van der Waals surface area contributed by atoms with E-state index in [4.69, 9.17) is 0 Å². The summed E-state index contributed by atoms with van der Waals surface area (Å²) in [4.78, 5) is 1.18. The molecular formula is C13H12ClFN2OS. The van der Waals surface area contributed by atoms with Crippen molar-refractivity contribution in [1.29, 1.82) is 0 Å². The molecule has 0 spiro atoms. The number of nitrogens with zero attached hydrogens (tertiary/aromatic N) is 1. The second-order valence-corrected chi connectivity index (χ2v) is 5.10. The van der Waals surface area contributed by atoms with Crippen molar-refractivity contribution in [2.75, 3.05) is 0 Å². The molecule has 0 saturated carbocycles. The monoisotopic (exact) mass is 298 g/mol. The molecule has 19 heavy (non-hydrogen) atoms. The van der Waals surface area contributed by atoms with Crippen molar-refractivity contribution >= 4 is 29.5 Å². The van der Waals surface area contributed by atoms with Crippen LogP contribution in [0.5, 0.6) is 5.75 Å². The fourth-order valence-electron chi connectivity index (χ4n) is 2.00. The zero-order valence-corrected chi connectivity index (χ0v) is 11.5. The molecule has 3 rings (SSSR count). The van der Waals surface area contributed by atoms with Crippen LogP contribution in [0.3, 0.4) is 0 Å². The quantitative estimate of drug-likeness (QED) is 0.892. The number of nitrogens with one attached hydrogen (secondary N) is 1. The van der Waals surface area contributed by atoms with Gasteiger partial charge in [0.25, 0.3) is 0 Å². The maximum absolute atomic E-state index is 13.2. The van der Waals surface area contributed by atoms with Gasteiger partial charge in [0.1, 0.15) is 11.6 Å². The van der Waals surface area contributed by atoms with Crippen LogP contribution in [0.1, 0.15) is 22.9 Å². The minimum Gasteiger partial charge on any atom is -0.507 e. The van der Waals surface area contributed by atoms with Gasteiger partial charge in [0, 0.05) is 16.9 Å². The summed E-state index contributed by atoms with van der Waals surface area (Å²) in [6.07, 6.45) is 0.650. The minimum atomic E-state index is -0.370. The molecular weight excluding hydrogens is 287 g/mol. The number of benzene rings is 1. The molecule has 0 aliphatic carbocycles. The highest BCUT2D eigenvalue weighted by atomic mass is 35.5. The van der Waals surface area contributed by atoms with E-state index in [-0.39, 0.29) is 30.0 Å². The molecule has 1 unspecified atom stereocenters. The first-order valence-corrected chi connectivity index (χ1v) is 6.46. The van der Waals surface area contributed by atoms with Crippen LogP contribution < -0.4 is 5.43 Å². The number of thiophene rings is 1. The van der Waals surface area contributed by atoms with E-state index >= 15 is 0 Å².